The van der Waals surface area contributed by atoms with Crippen LogP contribution in [0.3, 0.4) is 0 Å². The predicted molar refractivity (Wildman–Crippen MR) is 111 cm³/mol. The number of hydrogen-bond donors (Lipinski definition) is 0. The first-order valence-corrected chi connectivity index (χ1v) is 10.3. The molecule has 1 aromatic heterocycles. The van der Waals surface area contributed by atoms with Crippen molar-refractivity contribution in [1.82, 2.24) is 14.7 Å². The van der Waals surface area contributed by atoms with Crippen LogP contribution in [0.2, 0.25) is 5.02 Å². The van der Waals surface area contributed by atoms with Crippen molar-refractivity contribution in [3.8, 4) is 0 Å². The number of anilines is 1. The molecule has 8 heteroatoms. The van der Waals surface area contributed by atoms with Gasteiger partial charge in [0.05, 0.1) is 23.5 Å². The second kappa shape index (κ2) is 8.88. The maximum Gasteiger partial charge on any atom is 0.289 e. The van der Waals surface area contributed by atoms with Crippen molar-refractivity contribution in [3.05, 3.63) is 53.4 Å². The van der Waals surface area contributed by atoms with Crippen LogP contribution in [0.4, 0.5) is 5.69 Å². The van der Waals surface area contributed by atoms with Gasteiger partial charge in [-0.1, -0.05) is 23.7 Å². The lowest BCUT2D eigenvalue weighted by Crippen LogP contribution is -2.54. The van der Waals surface area contributed by atoms with E-state index in [1.165, 1.54) is 6.26 Å². The average Bonchev–Trinajstić information content (AvgIpc) is 3.29. The number of furan rings is 1. The van der Waals surface area contributed by atoms with Crippen LogP contribution in [0, 0.1) is 0 Å². The third kappa shape index (κ3) is 4.57. The molecule has 2 fully saturated rings. The smallest absolute Gasteiger partial charge is 0.289 e. The monoisotopic (exact) mass is 416 g/mol. The molecule has 0 N–H and O–H groups in total. The Hall–Kier alpha value is -2.51. The van der Waals surface area contributed by atoms with Crippen LogP contribution in [0.5, 0.6) is 0 Å². The molecule has 0 unspecified atom stereocenters. The minimum absolute atomic E-state index is 0.113. The zero-order valence-corrected chi connectivity index (χ0v) is 17.1. The standard InChI is InChI=1S/C21H25ClN4O3/c22-17-4-1-2-5-18(17)24-9-7-23(8-10-24)16-20(27)25-11-13-26(14-12-25)21(28)19-6-3-15-29-19/h1-6,15H,7-14,16H2. The molecule has 2 aliphatic rings. The first-order chi connectivity index (χ1) is 14.1. The molecule has 4 rings (SSSR count). The van der Waals surface area contributed by atoms with Crippen molar-refractivity contribution in [1.29, 1.82) is 0 Å². The molecule has 0 spiro atoms. The molecule has 0 saturated carbocycles. The second-order valence-corrected chi connectivity index (χ2v) is 7.77. The SMILES string of the molecule is O=C(CN1CCN(c2ccccc2Cl)CC1)N1CCN(C(=O)c2ccco2)CC1. The molecule has 0 bridgehead atoms. The van der Waals surface area contributed by atoms with Gasteiger partial charge in [-0.3, -0.25) is 14.5 Å². The number of amides is 2. The minimum Gasteiger partial charge on any atom is -0.459 e. The van der Waals surface area contributed by atoms with Crippen molar-refractivity contribution < 1.29 is 14.0 Å². The van der Waals surface area contributed by atoms with Gasteiger partial charge in [0.15, 0.2) is 5.76 Å². The summed E-state index contributed by atoms with van der Waals surface area (Å²) in [6.07, 6.45) is 1.50. The van der Waals surface area contributed by atoms with Crippen LogP contribution in [-0.2, 0) is 4.79 Å². The van der Waals surface area contributed by atoms with Crippen molar-refractivity contribution in [3.63, 3.8) is 0 Å². The molecule has 3 heterocycles. The number of hydrogen-bond acceptors (Lipinski definition) is 5. The molecule has 2 aromatic rings. The number of nitrogens with zero attached hydrogens (tertiary/aromatic N) is 4. The van der Waals surface area contributed by atoms with E-state index < -0.39 is 0 Å². The van der Waals surface area contributed by atoms with Crippen molar-refractivity contribution in [2.75, 3.05) is 63.8 Å². The third-order valence-corrected chi connectivity index (χ3v) is 5.90. The summed E-state index contributed by atoms with van der Waals surface area (Å²) in [4.78, 5) is 33.1. The van der Waals surface area contributed by atoms with Gasteiger partial charge in [0.1, 0.15) is 0 Å². The van der Waals surface area contributed by atoms with E-state index in [0.717, 1.165) is 36.9 Å². The van der Waals surface area contributed by atoms with Gasteiger partial charge in [-0.05, 0) is 24.3 Å². The Kier molecular flexibility index (Phi) is 6.06. The lowest BCUT2D eigenvalue weighted by Gasteiger charge is -2.38. The van der Waals surface area contributed by atoms with Crippen molar-refractivity contribution >= 4 is 29.1 Å². The van der Waals surface area contributed by atoms with Crippen LogP contribution < -0.4 is 4.90 Å². The molecule has 7 nitrogen and oxygen atoms in total. The topological polar surface area (TPSA) is 60.2 Å². The van der Waals surface area contributed by atoms with Crippen LogP contribution in [-0.4, -0.2) is 85.4 Å². The average molecular weight is 417 g/mol. The van der Waals surface area contributed by atoms with E-state index >= 15 is 0 Å². The highest BCUT2D eigenvalue weighted by Crippen LogP contribution is 2.26. The maximum absolute atomic E-state index is 12.7. The molecule has 0 aliphatic carbocycles. The molecular formula is C21H25ClN4O3. The van der Waals surface area contributed by atoms with E-state index in [0.29, 0.717) is 38.5 Å². The largest absolute Gasteiger partial charge is 0.459 e. The molecular weight excluding hydrogens is 392 g/mol. The first kappa shape index (κ1) is 19.8. The zero-order chi connectivity index (χ0) is 20.2. The Morgan fingerprint density at radius 1 is 0.862 bits per heavy atom. The molecule has 1 aromatic carbocycles. The fourth-order valence-corrected chi connectivity index (χ4v) is 4.12. The summed E-state index contributed by atoms with van der Waals surface area (Å²) in [5.74, 6) is 0.361. The van der Waals surface area contributed by atoms with Gasteiger partial charge in [-0.2, -0.15) is 0 Å². The molecule has 154 valence electrons. The summed E-state index contributed by atoms with van der Waals surface area (Å²) in [5.41, 5.74) is 1.05. The summed E-state index contributed by atoms with van der Waals surface area (Å²) in [7, 11) is 0. The molecule has 2 amide bonds. The fraction of sp³-hybridized carbons (Fsp3) is 0.429. The molecule has 2 aliphatic heterocycles. The van der Waals surface area contributed by atoms with Gasteiger partial charge < -0.3 is 19.1 Å². The predicted octanol–water partition coefficient (Wildman–Crippen LogP) is 2.04. The van der Waals surface area contributed by atoms with E-state index in [1.807, 2.05) is 29.2 Å². The summed E-state index contributed by atoms with van der Waals surface area (Å²) in [6, 6.07) is 11.2. The Bertz CT molecular complexity index is 841. The quantitative estimate of drug-likeness (QED) is 0.763. The zero-order valence-electron chi connectivity index (χ0n) is 16.3. The number of rotatable bonds is 4. The van der Waals surface area contributed by atoms with Crippen LogP contribution in [0.25, 0.3) is 0 Å². The van der Waals surface area contributed by atoms with Crippen LogP contribution in [0.15, 0.2) is 47.1 Å². The number of carbonyl (C=O) groups excluding carboxylic acids is 2. The van der Waals surface area contributed by atoms with Gasteiger partial charge >= 0.3 is 0 Å². The van der Waals surface area contributed by atoms with Crippen LogP contribution in [0.1, 0.15) is 10.6 Å². The van der Waals surface area contributed by atoms with Gasteiger partial charge in [0.25, 0.3) is 5.91 Å². The van der Waals surface area contributed by atoms with Crippen molar-refractivity contribution in [2.24, 2.45) is 0 Å². The lowest BCUT2D eigenvalue weighted by atomic mass is 10.2. The number of para-hydroxylation sites is 1. The normalized spacial score (nSPS) is 18.2. The highest BCUT2D eigenvalue weighted by atomic mass is 35.5. The van der Waals surface area contributed by atoms with E-state index in [-0.39, 0.29) is 11.8 Å². The highest BCUT2D eigenvalue weighted by Gasteiger charge is 2.28. The van der Waals surface area contributed by atoms with E-state index in [2.05, 4.69) is 9.80 Å². The highest BCUT2D eigenvalue weighted by molar-refractivity contribution is 6.33. The Morgan fingerprint density at radius 3 is 2.21 bits per heavy atom. The van der Waals surface area contributed by atoms with Crippen molar-refractivity contribution in [2.45, 2.75) is 0 Å². The number of halogens is 1. The van der Waals surface area contributed by atoms with Crippen LogP contribution >= 0.6 is 11.6 Å². The molecule has 29 heavy (non-hydrogen) atoms. The van der Waals surface area contributed by atoms with E-state index in [1.54, 1.807) is 17.0 Å². The Morgan fingerprint density at radius 2 is 1.55 bits per heavy atom. The first-order valence-electron chi connectivity index (χ1n) is 9.94. The van der Waals surface area contributed by atoms with Gasteiger partial charge in [0.2, 0.25) is 5.91 Å². The summed E-state index contributed by atoms with van der Waals surface area (Å²) >= 11 is 6.30. The number of benzene rings is 1. The summed E-state index contributed by atoms with van der Waals surface area (Å²) in [5, 5.41) is 0.763. The maximum atomic E-state index is 12.7. The summed E-state index contributed by atoms with van der Waals surface area (Å²) < 4.78 is 5.18. The second-order valence-electron chi connectivity index (χ2n) is 7.36. The Labute approximate surface area is 175 Å². The van der Waals surface area contributed by atoms with E-state index in [9.17, 15) is 9.59 Å². The number of carbonyl (C=O) groups is 2. The molecule has 0 radical (unpaired) electrons. The Balaban J connectivity index is 1.23. The molecule has 0 atom stereocenters. The number of piperazine rings is 2. The third-order valence-electron chi connectivity index (χ3n) is 5.58. The van der Waals surface area contributed by atoms with E-state index in [4.69, 9.17) is 16.0 Å². The molecule has 2 saturated heterocycles. The fourth-order valence-electron chi connectivity index (χ4n) is 3.86. The minimum atomic E-state index is -0.113. The van der Waals surface area contributed by atoms with Gasteiger partial charge in [-0.25, -0.2) is 0 Å². The lowest BCUT2D eigenvalue weighted by molar-refractivity contribution is -0.134. The summed E-state index contributed by atoms with van der Waals surface area (Å²) in [6.45, 7) is 5.96. The van der Waals surface area contributed by atoms with Gasteiger partial charge in [-0.15, -0.1) is 0 Å². The van der Waals surface area contributed by atoms with Gasteiger partial charge in [0, 0.05) is 52.4 Å².